The van der Waals surface area contributed by atoms with Crippen LogP contribution in [0.15, 0.2) is 0 Å². The van der Waals surface area contributed by atoms with Gasteiger partial charge in [-0.3, -0.25) is 19.9 Å². The van der Waals surface area contributed by atoms with Crippen molar-refractivity contribution in [2.45, 2.75) is 400 Å². The van der Waals surface area contributed by atoms with Crippen molar-refractivity contribution < 1.29 is 63.3 Å². The molecular weight excluding hydrogens is 1140 g/mol. The van der Waals surface area contributed by atoms with E-state index in [0.717, 1.165) is 51.4 Å². The van der Waals surface area contributed by atoms with Crippen LogP contribution < -0.4 is 10.6 Å². The molecule has 0 aliphatic carbocycles. The molecule has 18 heteroatoms. The maximum Gasteiger partial charge on any atom is 0.413 e. The summed E-state index contributed by atoms with van der Waals surface area (Å²) >= 11 is 0. The number of nitrogens with one attached hydrogen (secondary N) is 2. The number of aliphatic hydroxyl groups excluding tert-OH is 4. The Labute approximate surface area is 549 Å². The normalized spacial score (nSPS) is 14.2. The Morgan fingerprint density at radius 2 is 0.678 bits per heavy atom. The van der Waals surface area contributed by atoms with Gasteiger partial charge in [0.25, 0.3) is 5.91 Å². The molecule has 6 N–H and O–H groups in total. The van der Waals surface area contributed by atoms with Crippen LogP contribution in [0, 0.1) is 0 Å². The molecule has 0 aromatic heterocycles. The molecule has 5 atom stereocenters. The second-order valence-electron chi connectivity index (χ2n) is 29.8. The van der Waals surface area contributed by atoms with E-state index in [9.17, 15) is 44.4 Å². The van der Waals surface area contributed by atoms with Crippen molar-refractivity contribution in [3.8, 4) is 0 Å². The van der Waals surface area contributed by atoms with Crippen LogP contribution in [0.3, 0.4) is 0 Å². The van der Waals surface area contributed by atoms with Gasteiger partial charge in [-0.1, -0.05) is 226 Å². The molecule has 0 heterocycles. The highest BCUT2D eigenvalue weighted by Gasteiger charge is 2.52. The first-order valence-corrected chi connectivity index (χ1v) is 36.3. The van der Waals surface area contributed by atoms with Crippen LogP contribution >= 0.6 is 0 Å². The SMILES string of the molecule is CCCCN(CCC(NC(=O)OC(C)(C)C)(N(CCC)C(=O)OC(C)(C)C)N(CCCCCCCCCCCCCCCCCCCCCCCCCCCCCCCCCCCCNC(=O)[C@H](O)[C@@H](O)[C@H](O)[C@@H](C)O)C(=O)OC(C)(C)C)C(=O)OC(C)(C)C. The minimum atomic E-state index is -1.89. The lowest BCUT2D eigenvalue weighted by Crippen LogP contribution is -2.74. The summed E-state index contributed by atoms with van der Waals surface area (Å²) in [5.41, 5.74) is -3.51. The maximum atomic E-state index is 14.8. The molecule has 0 aromatic rings. The number of ether oxygens (including phenoxy) is 4. The fourth-order valence-corrected chi connectivity index (χ4v) is 11.0. The van der Waals surface area contributed by atoms with Crippen LogP contribution in [0.2, 0.25) is 0 Å². The summed E-state index contributed by atoms with van der Waals surface area (Å²) in [6.45, 7) is 27.7. The van der Waals surface area contributed by atoms with Gasteiger partial charge in [-0.25, -0.2) is 19.2 Å². The van der Waals surface area contributed by atoms with Gasteiger partial charge in [0.1, 0.15) is 34.6 Å². The molecule has 0 aliphatic rings. The fraction of sp³-hybridized carbons (Fsp3) is 0.931. The van der Waals surface area contributed by atoms with Crippen LogP contribution in [0.5, 0.6) is 0 Å². The van der Waals surface area contributed by atoms with Gasteiger partial charge in [0.05, 0.1) is 6.10 Å². The first kappa shape index (κ1) is 86.4. The van der Waals surface area contributed by atoms with Crippen molar-refractivity contribution >= 4 is 30.3 Å². The van der Waals surface area contributed by atoms with E-state index < -0.39 is 82.9 Å². The minimum Gasteiger partial charge on any atom is -0.444 e. The smallest absolute Gasteiger partial charge is 0.413 e. The zero-order valence-electron chi connectivity index (χ0n) is 60.5. The molecule has 0 rings (SSSR count). The summed E-state index contributed by atoms with van der Waals surface area (Å²) in [6, 6.07) is 0. The zero-order chi connectivity index (χ0) is 68.1. The molecule has 532 valence electrons. The van der Waals surface area contributed by atoms with Gasteiger partial charge in [-0.2, -0.15) is 0 Å². The molecule has 0 aliphatic heterocycles. The average molecular weight is 1280 g/mol. The molecule has 0 spiro atoms. The van der Waals surface area contributed by atoms with E-state index in [1.165, 1.54) is 184 Å². The number of unbranched alkanes of at least 4 members (excludes halogenated alkanes) is 34. The number of nitrogens with zero attached hydrogens (tertiary/aromatic N) is 3. The predicted octanol–water partition coefficient (Wildman–Crippen LogP) is 17.3. The van der Waals surface area contributed by atoms with Crippen LogP contribution in [0.4, 0.5) is 19.2 Å². The zero-order valence-corrected chi connectivity index (χ0v) is 60.5. The Morgan fingerprint density at radius 3 is 0.989 bits per heavy atom. The van der Waals surface area contributed by atoms with Crippen LogP contribution in [0.25, 0.3) is 0 Å². The fourth-order valence-electron chi connectivity index (χ4n) is 11.0. The number of rotatable bonds is 52. The Balaban J connectivity index is 4.72. The molecule has 0 aromatic carbocycles. The summed E-state index contributed by atoms with van der Waals surface area (Å²) in [5, 5.41) is 44.3. The van der Waals surface area contributed by atoms with Crippen molar-refractivity contribution in [2.75, 3.05) is 32.7 Å². The van der Waals surface area contributed by atoms with Crippen LogP contribution in [0.1, 0.15) is 348 Å². The first-order valence-electron chi connectivity index (χ1n) is 36.3. The van der Waals surface area contributed by atoms with Gasteiger partial charge in [0, 0.05) is 39.1 Å². The number of carbonyl (C=O) groups is 5. The lowest BCUT2D eigenvalue weighted by molar-refractivity contribution is -0.145. The van der Waals surface area contributed by atoms with E-state index in [2.05, 4.69) is 10.6 Å². The molecule has 0 saturated heterocycles. The second-order valence-corrected chi connectivity index (χ2v) is 29.8. The number of aliphatic hydroxyl groups is 4. The topological polar surface area (TPSA) is 237 Å². The molecule has 0 saturated carbocycles. The molecule has 18 nitrogen and oxygen atoms in total. The van der Waals surface area contributed by atoms with E-state index in [4.69, 9.17) is 18.9 Å². The molecule has 0 radical (unpaired) electrons. The number of hydrogen-bond donors (Lipinski definition) is 6. The summed E-state index contributed by atoms with van der Waals surface area (Å²) in [6.07, 6.45) is 34.9. The second kappa shape index (κ2) is 49.0. The van der Waals surface area contributed by atoms with Crippen molar-refractivity contribution in [2.24, 2.45) is 0 Å². The third kappa shape index (κ3) is 44.8. The van der Waals surface area contributed by atoms with Crippen molar-refractivity contribution in [1.29, 1.82) is 0 Å². The number of alkyl carbamates (subject to hydrolysis) is 1. The van der Waals surface area contributed by atoms with Crippen LogP contribution in [-0.4, -0.2) is 151 Å². The average Bonchev–Trinajstić information content (AvgIpc) is 0.772. The van der Waals surface area contributed by atoms with Gasteiger partial charge < -0.3 is 49.6 Å². The van der Waals surface area contributed by atoms with Crippen molar-refractivity contribution in [1.82, 2.24) is 25.3 Å². The van der Waals surface area contributed by atoms with E-state index in [1.807, 2.05) is 34.6 Å². The third-order valence-corrected chi connectivity index (χ3v) is 16.0. The molecular formula is C72H141N5O13. The van der Waals surface area contributed by atoms with Gasteiger partial charge in [-0.15, -0.1) is 0 Å². The summed E-state index contributed by atoms with van der Waals surface area (Å²) in [4.78, 5) is 73.8. The maximum absolute atomic E-state index is 14.8. The molecule has 5 amide bonds. The monoisotopic (exact) mass is 1280 g/mol. The molecule has 0 fully saturated rings. The van der Waals surface area contributed by atoms with E-state index in [1.54, 1.807) is 67.2 Å². The molecule has 1 unspecified atom stereocenters. The Bertz CT molecular complexity index is 1850. The standard InChI is InChI=1S/C72H141N5O13/c1-16-18-56-75(65(84)88-69(7,8)9)58-53-72(74-64(83)87-68(4,5)6,76(55-17-2)66(85)89-70(10,11)12)77(67(86)90-71(13,14)15)57-52-50-48-46-44-42-40-38-36-34-32-30-28-26-24-22-20-19-21-23-25-27-29-31-33-35-37-39-41-43-45-47-49-51-54-73-63(82)62(81)61(80)60(79)59(3)78/h59-62,78-81H,16-58H2,1-15H3,(H,73,82)(H,74,83)/t59-,60-,61+,62-,72?/m1/s1. The van der Waals surface area contributed by atoms with Gasteiger partial charge in [0.15, 0.2) is 6.10 Å². The Kier molecular flexibility index (Phi) is 47.0. The van der Waals surface area contributed by atoms with E-state index >= 15 is 0 Å². The van der Waals surface area contributed by atoms with Crippen LogP contribution in [-0.2, 0) is 23.7 Å². The third-order valence-electron chi connectivity index (χ3n) is 16.0. The van der Waals surface area contributed by atoms with Crippen molar-refractivity contribution in [3.63, 3.8) is 0 Å². The Morgan fingerprint density at radius 1 is 0.367 bits per heavy atom. The lowest BCUT2D eigenvalue weighted by atomic mass is 10.0. The highest BCUT2D eigenvalue weighted by atomic mass is 16.6. The number of amides is 5. The number of carbonyl (C=O) groups excluding carboxylic acids is 5. The van der Waals surface area contributed by atoms with E-state index in [0.29, 0.717) is 32.4 Å². The summed E-state index contributed by atoms with van der Waals surface area (Å²) in [7, 11) is 0. The van der Waals surface area contributed by atoms with Gasteiger partial charge in [-0.05, 0) is 116 Å². The summed E-state index contributed by atoms with van der Waals surface area (Å²) < 4.78 is 23.9. The summed E-state index contributed by atoms with van der Waals surface area (Å²) in [5.74, 6) is -2.62. The largest absolute Gasteiger partial charge is 0.444 e. The predicted molar refractivity (Wildman–Crippen MR) is 365 cm³/mol. The highest BCUT2D eigenvalue weighted by Crippen LogP contribution is 2.31. The quantitative estimate of drug-likeness (QED) is 0.0189. The van der Waals surface area contributed by atoms with Gasteiger partial charge in [0.2, 0.25) is 5.79 Å². The first-order chi connectivity index (χ1) is 42.3. The lowest BCUT2D eigenvalue weighted by Gasteiger charge is -2.50. The minimum absolute atomic E-state index is 0.0225. The van der Waals surface area contributed by atoms with Gasteiger partial charge >= 0.3 is 24.4 Å². The highest BCUT2D eigenvalue weighted by molar-refractivity contribution is 5.81. The van der Waals surface area contributed by atoms with E-state index in [-0.39, 0.29) is 26.1 Å². The number of hydrogen-bond acceptors (Lipinski definition) is 13. The van der Waals surface area contributed by atoms with Crippen molar-refractivity contribution in [3.05, 3.63) is 0 Å². The Hall–Kier alpha value is -3.61. The molecule has 90 heavy (non-hydrogen) atoms. The molecule has 0 bridgehead atoms.